The predicted molar refractivity (Wildman–Crippen MR) is 140 cm³/mol. The minimum Gasteiger partial charge on any atom is -0.507 e. The number of para-hydroxylation sites is 1. The summed E-state index contributed by atoms with van der Waals surface area (Å²) in [6.45, 7) is 3.02. The van der Waals surface area contributed by atoms with Gasteiger partial charge in [0, 0.05) is 34.1 Å². The summed E-state index contributed by atoms with van der Waals surface area (Å²) < 4.78 is 5.70. The lowest BCUT2D eigenvalue weighted by Gasteiger charge is -2.25. The Morgan fingerprint density at radius 2 is 2.06 bits per heavy atom. The van der Waals surface area contributed by atoms with Gasteiger partial charge in [-0.3, -0.25) is 9.59 Å². The van der Waals surface area contributed by atoms with Crippen LogP contribution in [-0.2, 0) is 22.4 Å². The average Bonchev–Trinajstić information content (AvgIpc) is 3.58. The van der Waals surface area contributed by atoms with Gasteiger partial charge >= 0.3 is 0 Å². The molecule has 1 atom stereocenters. The van der Waals surface area contributed by atoms with Crippen LogP contribution in [0.2, 0.25) is 0 Å². The lowest BCUT2D eigenvalue weighted by Crippen LogP contribution is -2.31. The normalized spacial score (nSPS) is 19.0. The fourth-order valence-electron chi connectivity index (χ4n) is 5.29. The number of Topliss-reactive ketones (excluding diaryl/α,β-unsaturated/α-hetero) is 1. The fraction of sp³-hybridized carbons (Fsp3) is 0.241. The highest BCUT2D eigenvalue weighted by Crippen LogP contribution is 2.43. The Bertz CT molecular complexity index is 1530. The molecule has 1 fully saturated rings. The van der Waals surface area contributed by atoms with Gasteiger partial charge in [0.1, 0.15) is 11.5 Å². The van der Waals surface area contributed by atoms with Crippen LogP contribution in [0.3, 0.4) is 0 Å². The van der Waals surface area contributed by atoms with Gasteiger partial charge in [-0.25, -0.2) is 0 Å². The molecule has 0 saturated carbocycles. The minimum absolute atomic E-state index is 0.130. The number of nitrogens with zero attached hydrogens (tertiary/aromatic N) is 1. The first-order valence-electron chi connectivity index (χ1n) is 12.2. The number of carbonyl (C=O) groups excluding carboxylic acids is 2. The maximum Gasteiger partial charge on any atom is 0.295 e. The molecule has 0 aliphatic carbocycles. The standard InChI is InChI=1S/C29H26N2O4S/c1-17-11-14-36-28(17)25-24(26(32)19-8-9-23-18(15-19)5-4-13-35-23)27(33)29(34)31(25)12-10-20-16-30-22-7-3-2-6-21(20)22/h2-3,6-9,11,14-16,25,30,32H,4-5,10,12-13H2,1H3/b26-24-. The second kappa shape index (κ2) is 8.99. The number of aromatic amines is 1. The monoisotopic (exact) mass is 498 g/mol. The molecule has 36 heavy (non-hydrogen) atoms. The second-order valence-corrected chi connectivity index (χ2v) is 10.3. The van der Waals surface area contributed by atoms with Crippen molar-refractivity contribution in [2.75, 3.05) is 13.2 Å². The van der Waals surface area contributed by atoms with Crippen molar-refractivity contribution in [3.05, 3.63) is 92.8 Å². The van der Waals surface area contributed by atoms with Crippen molar-refractivity contribution in [3.63, 3.8) is 0 Å². The smallest absolute Gasteiger partial charge is 0.295 e. The highest BCUT2D eigenvalue weighted by Gasteiger charge is 2.47. The average molecular weight is 499 g/mol. The molecule has 1 unspecified atom stereocenters. The number of amides is 1. The van der Waals surface area contributed by atoms with Crippen molar-refractivity contribution in [2.24, 2.45) is 0 Å². The third kappa shape index (κ3) is 3.71. The van der Waals surface area contributed by atoms with Crippen LogP contribution in [0.5, 0.6) is 5.75 Å². The van der Waals surface area contributed by atoms with E-state index in [0.717, 1.165) is 51.1 Å². The molecule has 2 aromatic carbocycles. The Balaban J connectivity index is 1.40. The summed E-state index contributed by atoms with van der Waals surface area (Å²) in [5.41, 5.74) is 4.81. The molecule has 2 N–H and O–H groups in total. The topological polar surface area (TPSA) is 82.6 Å². The van der Waals surface area contributed by atoms with E-state index in [-0.39, 0.29) is 11.3 Å². The number of aliphatic hydroxyl groups excluding tert-OH is 1. The third-order valence-corrected chi connectivity index (χ3v) is 8.24. The number of carbonyl (C=O) groups is 2. The number of fused-ring (bicyclic) bond motifs is 2. The third-order valence-electron chi connectivity index (χ3n) is 7.17. The van der Waals surface area contributed by atoms with E-state index in [0.29, 0.717) is 25.1 Å². The number of aryl methyl sites for hydroxylation is 2. The number of rotatable bonds is 5. The molecule has 2 aliphatic heterocycles. The Morgan fingerprint density at radius 3 is 2.89 bits per heavy atom. The lowest BCUT2D eigenvalue weighted by molar-refractivity contribution is -0.139. The number of aliphatic hydroxyl groups is 1. The summed E-state index contributed by atoms with van der Waals surface area (Å²) in [6, 6.07) is 14.9. The van der Waals surface area contributed by atoms with Crippen LogP contribution in [0.25, 0.3) is 16.7 Å². The van der Waals surface area contributed by atoms with Crippen LogP contribution in [-0.4, -0.2) is 39.8 Å². The largest absolute Gasteiger partial charge is 0.507 e. The summed E-state index contributed by atoms with van der Waals surface area (Å²) in [7, 11) is 0. The second-order valence-electron chi connectivity index (χ2n) is 9.34. The van der Waals surface area contributed by atoms with Crippen LogP contribution in [0, 0.1) is 6.92 Å². The number of benzene rings is 2. The number of ether oxygens (including phenoxy) is 1. The van der Waals surface area contributed by atoms with Gasteiger partial charge in [0.25, 0.3) is 11.7 Å². The molecular weight excluding hydrogens is 472 g/mol. The van der Waals surface area contributed by atoms with Gasteiger partial charge in [-0.15, -0.1) is 11.3 Å². The molecule has 0 bridgehead atoms. The number of aromatic nitrogens is 1. The molecule has 0 spiro atoms. The zero-order valence-electron chi connectivity index (χ0n) is 19.9. The van der Waals surface area contributed by atoms with E-state index in [1.807, 2.05) is 54.9 Å². The first kappa shape index (κ1) is 22.6. The molecule has 6 nitrogen and oxygen atoms in total. The molecule has 1 saturated heterocycles. The molecule has 4 heterocycles. The van der Waals surface area contributed by atoms with E-state index in [1.165, 1.54) is 11.3 Å². The van der Waals surface area contributed by atoms with Gasteiger partial charge in [-0.05, 0) is 78.6 Å². The molecule has 7 heteroatoms. The van der Waals surface area contributed by atoms with Gasteiger partial charge in [0.15, 0.2) is 0 Å². The molecular formula is C29H26N2O4S. The van der Waals surface area contributed by atoms with Crippen LogP contribution in [0.15, 0.2) is 65.7 Å². The van der Waals surface area contributed by atoms with Gasteiger partial charge in [-0.2, -0.15) is 0 Å². The SMILES string of the molecule is Cc1ccsc1C1/C(=C(/O)c2ccc3c(c2)CCCO3)C(=O)C(=O)N1CCc1c[nH]c2ccccc12. The lowest BCUT2D eigenvalue weighted by atomic mass is 9.96. The number of H-pyrrole nitrogens is 1. The van der Waals surface area contributed by atoms with Gasteiger partial charge < -0.3 is 19.7 Å². The molecule has 2 aliphatic rings. The summed E-state index contributed by atoms with van der Waals surface area (Å²) in [4.78, 5) is 32.5. The van der Waals surface area contributed by atoms with E-state index in [2.05, 4.69) is 11.1 Å². The Morgan fingerprint density at radius 1 is 1.19 bits per heavy atom. The highest BCUT2D eigenvalue weighted by molar-refractivity contribution is 7.10. The number of likely N-dealkylation sites (tertiary alicyclic amines) is 1. The van der Waals surface area contributed by atoms with Crippen LogP contribution in [0.1, 0.15) is 39.6 Å². The van der Waals surface area contributed by atoms with Gasteiger partial charge in [0.05, 0.1) is 18.2 Å². The van der Waals surface area contributed by atoms with E-state index in [4.69, 9.17) is 4.74 Å². The highest BCUT2D eigenvalue weighted by atomic mass is 32.1. The Kier molecular flexibility index (Phi) is 5.64. The summed E-state index contributed by atoms with van der Waals surface area (Å²) in [6.07, 6.45) is 4.31. The van der Waals surface area contributed by atoms with Crippen molar-refractivity contribution in [2.45, 2.75) is 32.2 Å². The number of hydrogen-bond donors (Lipinski definition) is 2. The Labute approximate surface area is 212 Å². The van der Waals surface area contributed by atoms with E-state index < -0.39 is 17.7 Å². The summed E-state index contributed by atoms with van der Waals surface area (Å²) in [5, 5.41) is 14.5. The molecule has 6 rings (SSSR count). The maximum absolute atomic E-state index is 13.4. The van der Waals surface area contributed by atoms with Crippen molar-refractivity contribution < 1.29 is 19.4 Å². The van der Waals surface area contributed by atoms with Gasteiger partial charge in [0.2, 0.25) is 0 Å². The van der Waals surface area contributed by atoms with E-state index in [9.17, 15) is 14.7 Å². The number of thiophene rings is 1. The minimum atomic E-state index is -0.641. The van der Waals surface area contributed by atoms with E-state index >= 15 is 0 Å². The predicted octanol–water partition coefficient (Wildman–Crippen LogP) is 5.53. The Hall–Kier alpha value is -3.84. The molecule has 0 radical (unpaired) electrons. The molecule has 1 amide bonds. The quantitative estimate of drug-likeness (QED) is 0.215. The number of nitrogens with one attached hydrogen (secondary N) is 1. The first-order valence-corrected chi connectivity index (χ1v) is 13.0. The van der Waals surface area contributed by atoms with Crippen molar-refractivity contribution in [1.29, 1.82) is 0 Å². The first-order chi connectivity index (χ1) is 17.5. The van der Waals surface area contributed by atoms with Crippen molar-refractivity contribution in [3.8, 4) is 5.75 Å². The van der Waals surface area contributed by atoms with Crippen LogP contribution in [0.4, 0.5) is 0 Å². The van der Waals surface area contributed by atoms with Crippen LogP contribution >= 0.6 is 11.3 Å². The van der Waals surface area contributed by atoms with E-state index in [1.54, 1.807) is 11.0 Å². The zero-order chi connectivity index (χ0) is 24.8. The van der Waals surface area contributed by atoms with Gasteiger partial charge in [-0.1, -0.05) is 18.2 Å². The maximum atomic E-state index is 13.4. The summed E-state index contributed by atoms with van der Waals surface area (Å²) >= 11 is 1.50. The summed E-state index contributed by atoms with van der Waals surface area (Å²) in [5.74, 6) is -0.537. The van der Waals surface area contributed by atoms with Crippen LogP contribution < -0.4 is 4.74 Å². The molecule has 4 aromatic rings. The molecule has 182 valence electrons. The number of hydrogen-bond acceptors (Lipinski definition) is 5. The van der Waals surface area contributed by atoms with Crippen molar-refractivity contribution in [1.82, 2.24) is 9.88 Å². The zero-order valence-corrected chi connectivity index (χ0v) is 20.7. The fourth-order valence-corrected chi connectivity index (χ4v) is 6.34. The van der Waals surface area contributed by atoms with Crippen molar-refractivity contribution >= 4 is 39.7 Å². The number of ketones is 1. The molecule has 2 aromatic heterocycles.